The van der Waals surface area contributed by atoms with Crippen LogP contribution in [0.4, 0.5) is 11.9 Å². The number of hydrogen-bond acceptors (Lipinski definition) is 9. The quantitative estimate of drug-likeness (QED) is 0.596. The molecule has 10 nitrogen and oxygen atoms in total. The third kappa shape index (κ3) is 3.53. The van der Waals surface area contributed by atoms with Crippen molar-refractivity contribution in [2.24, 2.45) is 5.10 Å². The Kier molecular flexibility index (Phi) is 4.17. The first-order chi connectivity index (χ1) is 12.3. The van der Waals surface area contributed by atoms with E-state index in [4.69, 9.17) is 14.2 Å². The fourth-order valence-electron chi connectivity index (χ4n) is 2.49. The highest BCUT2D eigenvalue weighted by molar-refractivity contribution is 5.81. The topological polar surface area (TPSA) is 114 Å². The smallest absolute Gasteiger partial charge is 0.351 e. The molecule has 130 valence electrons. The first-order valence-corrected chi connectivity index (χ1v) is 7.78. The minimum absolute atomic E-state index is 0.221. The third-order valence-corrected chi connectivity index (χ3v) is 3.71. The molecule has 0 aliphatic carbocycles. The van der Waals surface area contributed by atoms with Crippen LogP contribution in [0.25, 0.3) is 0 Å². The van der Waals surface area contributed by atoms with Crippen LogP contribution in [-0.4, -0.2) is 54.3 Å². The van der Waals surface area contributed by atoms with Gasteiger partial charge in [0.1, 0.15) is 0 Å². The molecule has 25 heavy (non-hydrogen) atoms. The van der Waals surface area contributed by atoms with Gasteiger partial charge in [-0.05, 0) is 23.8 Å². The van der Waals surface area contributed by atoms with E-state index in [1.807, 2.05) is 23.1 Å². The summed E-state index contributed by atoms with van der Waals surface area (Å²) in [4.78, 5) is 24.3. The van der Waals surface area contributed by atoms with Gasteiger partial charge in [-0.3, -0.25) is 4.98 Å². The van der Waals surface area contributed by atoms with Gasteiger partial charge in [-0.15, -0.1) is 0 Å². The first-order valence-electron chi connectivity index (χ1n) is 7.78. The van der Waals surface area contributed by atoms with E-state index in [1.54, 1.807) is 6.21 Å². The van der Waals surface area contributed by atoms with Gasteiger partial charge in [0.15, 0.2) is 11.5 Å². The highest BCUT2D eigenvalue weighted by Crippen LogP contribution is 2.31. The molecule has 2 N–H and O–H groups in total. The number of aromatic nitrogens is 3. The first kappa shape index (κ1) is 15.4. The van der Waals surface area contributed by atoms with Crippen LogP contribution in [0.5, 0.6) is 11.5 Å². The Balaban J connectivity index is 1.47. The van der Waals surface area contributed by atoms with Crippen LogP contribution >= 0.6 is 0 Å². The molecule has 0 saturated carbocycles. The lowest BCUT2D eigenvalue weighted by molar-refractivity contribution is 0.122. The van der Waals surface area contributed by atoms with Crippen molar-refractivity contribution >= 4 is 18.1 Å². The molecular weight excluding hydrogens is 328 g/mol. The minimum atomic E-state index is -0.489. The van der Waals surface area contributed by atoms with E-state index >= 15 is 0 Å². The second kappa shape index (κ2) is 6.77. The predicted molar refractivity (Wildman–Crippen MR) is 89.5 cm³/mol. The van der Waals surface area contributed by atoms with Gasteiger partial charge in [0, 0.05) is 13.1 Å². The van der Waals surface area contributed by atoms with E-state index in [-0.39, 0.29) is 12.7 Å². The maximum absolute atomic E-state index is 11.7. The molecule has 0 spiro atoms. The lowest BCUT2D eigenvalue weighted by Crippen LogP contribution is -2.38. The van der Waals surface area contributed by atoms with E-state index < -0.39 is 5.69 Å². The van der Waals surface area contributed by atoms with Crippen LogP contribution in [-0.2, 0) is 4.74 Å². The molecule has 1 fully saturated rings. The number of rotatable bonds is 4. The zero-order chi connectivity index (χ0) is 17.1. The lowest BCUT2D eigenvalue weighted by atomic mass is 10.2. The molecule has 2 aliphatic heterocycles. The highest BCUT2D eigenvalue weighted by atomic mass is 16.7. The number of fused-ring (bicyclic) bond motifs is 1. The van der Waals surface area contributed by atoms with Gasteiger partial charge < -0.3 is 19.1 Å². The van der Waals surface area contributed by atoms with Crippen molar-refractivity contribution in [2.75, 3.05) is 43.4 Å². The Morgan fingerprint density at radius 2 is 2.04 bits per heavy atom. The van der Waals surface area contributed by atoms with Gasteiger partial charge >= 0.3 is 5.69 Å². The molecule has 0 amide bonds. The van der Waals surface area contributed by atoms with Crippen molar-refractivity contribution in [3.8, 4) is 11.5 Å². The van der Waals surface area contributed by atoms with Crippen LogP contribution < -0.4 is 25.5 Å². The number of nitrogens with one attached hydrogen (secondary N) is 2. The number of nitrogens with zero attached hydrogens (tertiary/aromatic N) is 4. The maximum Gasteiger partial charge on any atom is 0.351 e. The number of hydrazone groups is 1. The third-order valence-electron chi connectivity index (χ3n) is 3.71. The summed E-state index contributed by atoms with van der Waals surface area (Å²) in [5.41, 5.74) is 3.05. The summed E-state index contributed by atoms with van der Waals surface area (Å²) in [6.07, 6.45) is 1.59. The van der Waals surface area contributed by atoms with Crippen molar-refractivity contribution in [3.63, 3.8) is 0 Å². The molecule has 2 aliphatic rings. The molecule has 0 unspecified atom stereocenters. The molecule has 2 aromatic rings. The van der Waals surface area contributed by atoms with E-state index in [9.17, 15) is 4.79 Å². The normalized spacial score (nSPS) is 16.4. The van der Waals surface area contributed by atoms with Crippen molar-refractivity contribution in [2.45, 2.75) is 0 Å². The van der Waals surface area contributed by atoms with Gasteiger partial charge in [-0.1, -0.05) is 0 Å². The Labute approximate surface area is 142 Å². The molecule has 3 heterocycles. The predicted octanol–water partition coefficient (Wildman–Crippen LogP) is 0.176. The van der Waals surface area contributed by atoms with E-state index in [1.165, 1.54) is 0 Å². The molecular formula is C15H16N6O4. The average Bonchev–Trinajstić information content (AvgIpc) is 3.10. The molecule has 1 aromatic carbocycles. The summed E-state index contributed by atoms with van der Waals surface area (Å²) in [6.45, 7) is 2.68. The molecule has 0 bridgehead atoms. The Morgan fingerprint density at radius 3 is 2.92 bits per heavy atom. The largest absolute Gasteiger partial charge is 0.454 e. The summed E-state index contributed by atoms with van der Waals surface area (Å²) in [5.74, 6) is 1.96. The second-order valence-electron chi connectivity index (χ2n) is 5.38. The number of benzene rings is 1. The lowest BCUT2D eigenvalue weighted by Gasteiger charge is -2.26. The van der Waals surface area contributed by atoms with Crippen LogP contribution in [0, 0.1) is 0 Å². The van der Waals surface area contributed by atoms with Crippen LogP contribution in [0.1, 0.15) is 5.56 Å². The molecule has 4 rings (SSSR count). The van der Waals surface area contributed by atoms with E-state index in [0.29, 0.717) is 43.8 Å². The zero-order valence-corrected chi connectivity index (χ0v) is 13.3. The number of H-pyrrole nitrogens is 1. The highest BCUT2D eigenvalue weighted by Gasteiger charge is 2.15. The molecule has 0 atom stereocenters. The van der Waals surface area contributed by atoms with Crippen molar-refractivity contribution in [1.29, 1.82) is 0 Å². The Hall–Kier alpha value is -3.14. The van der Waals surface area contributed by atoms with Gasteiger partial charge in [0.2, 0.25) is 18.7 Å². The number of morpholine rings is 1. The van der Waals surface area contributed by atoms with Crippen molar-refractivity contribution in [3.05, 3.63) is 34.2 Å². The van der Waals surface area contributed by atoms with Crippen molar-refractivity contribution < 1.29 is 14.2 Å². The van der Waals surface area contributed by atoms with Crippen LogP contribution in [0.3, 0.4) is 0 Å². The van der Waals surface area contributed by atoms with Gasteiger partial charge in [-0.2, -0.15) is 15.1 Å². The maximum atomic E-state index is 11.7. The average molecular weight is 344 g/mol. The number of ether oxygens (including phenoxy) is 3. The second-order valence-corrected chi connectivity index (χ2v) is 5.38. The molecule has 1 aromatic heterocycles. The fraction of sp³-hybridized carbons (Fsp3) is 0.333. The zero-order valence-electron chi connectivity index (χ0n) is 13.3. The minimum Gasteiger partial charge on any atom is -0.454 e. The van der Waals surface area contributed by atoms with Gasteiger partial charge in [0.25, 0.3) is 0 Å². The van der Waals surface area contributed by atoms with Gasteiger partial charge in [-0.25, -0.2) is 10.2 Å². The van der Waals surface area contributed by atoms with Gasteiger partial charge in [0.05, 0.1) is 19.4 Å². The van der Waals surface area contributed by atoms with E-state index in [0.717, 1.165) is 5.56 Å². The summed E-state index contributed by atoms with van der Waals surface area (Å²) in [6, 6.07) is 5.47. The SMILES string of the molecule is O=c1nc(N2CCOCC2)nc(N/N=C\c2ccc3c(c2)OCO3)[nH]1. The summed E-state index contributed by atoms with van der Waals surface area (Å²) >= 11 is 0. The van der Waals surface area contributed by atoms with Crippen LogP contribution in [0.2, 0.25) is 0 Å². The van der Waals surface area contributed by atoms with E-state index in [2.05, 4.69) is 25.5 Å². The fourth-order valence-corrected chi connectivity index (χ4v) is 2.49. The number of anilines is 2. The Morgan fingerprint density at radius 1 is 1.20 bits per heavy atom. The Bertz CT molecular complexity index is 846. The standard InChI is InChI=1S/C15H16N6O4/c22-15-18-13(17-14(19-15)21-3-5-23-6-4-21)20-16-8-10-1-2-11-12(7-10)25-9-24-11/h1-2,7-8H,3-6,9H2,(H2,17,18,19,20,22)/b16-8-. The van der Waals surface area contributed by atoms with Crippen molar-refractivity contribution in [1.82, 2.24) is 15.0 Å². The molecule has 1 saturated heterocycles. The van der Waals surface area contributed by atoms with Crippen LogP contribution in [0.15, 0.2) is 28.1 Å². The molecule has 10 heteroatoms. The number of aromatic amines is 1. The summed E-state index contributed by atoms with van der Waals surface area (Å²) < 4.78 is 15.9. The summed E-state index contributed by atoms with van der Waals surface area (Å²) in [7, 11) is 0. The number of hydrogen-bond donors (Lipinski definition) is 2. The molecule has 0 radical (unpaired) electrons. The summed E-state index contributed by atoms with van der Waals surface area (Å²) in [5, 5.41) is 4.09. The monoisotopic (exact) mass is 344 g/mol.